The lowest BCUT2D eigenvalue weighted by Gasteiger charge is -2.23. The molecule has 1 atom stereocenters. The van der Waals surface area contributed by atoms with E-state index in [-0.39, 0.29) is 30.3 Å². The Balaban J connectivity index is 1.97. The number of benzene rings is 1. The lowest BCUT2D eigenvalue weighted by molar-refractivity contribution is -0.0170. The van der Waals surface area contributed by atoms with Crippen molar-refractivity contribution in [2.24, 2.45) is 11.7 Å². The van der Waals surface area contributed by atoms with Gasteiger partial charge in [0.25, 0.3) is 11.5 Å². The quantitative estimate of drug-likeness (QED) is 0.735. The van der Waals surface area contributed by atoms with Gasteiger partial charge >= 0.3 is 5.69 Å². The van der Waals surface area contributed by atoms with Crippen LogP contribution in [0.4, 0.5) is 14.5 Å². The molecule has 146 valence electrons. The van der Waals surface area contributed by atoms with E-state index in [9.17, 15) is 18.4 Å². The zero-order valence-electron chi connectivity index (χ0n) is 14.8. The molecule has 2 fully saturated rings. The molecule has 1 saturated carbocycles. The van der Waals surface area contributed by atoms with E-state index < -0.39 is 29.6 Å². The molecule has 4 N–H and O–H groups in total. The Morgan fingerprint density at radius 3 is 2.56 bits per heavy atom. The van der Waals surface area contributed by atoms with Crippen molar-refractivity contribution in [2.75, 3.05) is 37.5 Å². The number of nitrogens with two attached hydrogens (primary N) is 2. The molecule has 27 heavy (non-hydrogen) atoms. The zero-order chi connectivity index (χ0) is 19.5. The number of methoxy groups -OCH3 is 1. The summed E-state index contributed by atoms with van der Waals surface area (Å²) in [4.78, 5) is 26.5. The summed E-state index contributed by atoms with van der Waals surface area (Å²) in [6.07, 6.45) is 1.55. The smallest absolute Gasteiger partial charge is 0.350 e. The third kappa shape index (κ3) is 2.58. The average Bonchev–Trinajstić information content (AvgIpc) is 3.42. The van der Waals surface area contributed by atoms with E-state index >= 15 is 0 Å². The summed E-state index contributed by atoms with van der Waals surface area (Å²) in [6, 6.07) is 2.97. The van der Waals surface area contributed by atoms with Crippen LogP contribution in [0.5, 0.6) is 5.75 Å². The van der Waals surface area contributed by atoms with Gasteiger partial charge in [0.1, 0.15) is 5.52 Å². The third-order valence-corrected chi connectivity index (χ3v) is 5.39. The van der Waals surface area contributed by atoms with Gasteiger partial charge in [-0.25, -0.2) is 13.6 Å². The second kappa shape index (κ2) is 5.95. The highest BCUT2D eigenvalue weighted by molar-refractivity contribution is 5.91. The number of alkyl halides is 2. The minimum Gasteiger partial charge on any atom is -0.492 e. The van der Waals surface area contributed by atoms with Gasteiger partial charge in [0.2, 0.25) is 0 Å². The summed E-state index contributed by atoms with van der Waals surface area (Å²) in [5.41, 5.74) is 4.91. The molecule has 8 nitrogen and oxygen atoms in total. The summed E-state index contributed by atoms with van der Waals surface area (Å²) >= 11 is 0. The summed E-state index contributed by atoms with van der Waals surface area (Å²) in [5.74, 6) is 1.97. The van der Waals surface area contributed by atoms with Crippen molar-refractivity contribution in [2.45, 2.75) is 24.8 Å². The molecular formula is C17H21F2N5O3. The number of halogens is 2. The summed E-state index contributed by atoms with van der Waals surface area (Å²) in [6.45, 7) is -0.574. The van der Waals surface area contributed by atoms with Gasteiger partial charge in [0, 0.05) is 19.1 Å². The number of nitrogens with zero attached hydrogens (tertiary/aromatic N) is 3. The van der Waals surface area contributed by atoms with Crippen molar-refractivity contribution in [3.63, 3.8) is 0 Å². The van der Waals surface area contributed by atoms with Crippen LogP contribution < -0.4 is 32.5 Å². The zero-order valence-corrected chi connectivity index (χ0v) is 14.8. The largest absolute Gasteiger partial charge is 0.492 e. The SMILES string of the molecule is COc1c(N2CC(CN)C(F)(F)C2)ccc2c(=O)n(N)c(=O)n(C3CC3)c12. The predicted molar refractivity (Wildman–Crippen MR) is 97.1 cm³/mol. The Labute approximate surface area is 152 Å². The molecule has 2 heterocycles. The first kappa shape index (κ1) is 17.8. The minimum absolute atomic E-state index is 0.0625. The van der Waals surface area contributed by atoms with Gasteiger partial charge in [0.15, 0.2) is 5.75 Å². The number of nitrogen functional groups attached to an aromatic ring is 1. The van der Waals surface area contributed by atoms with Crippen molar-refractivity contribution < 1.29 is 13.5 Å². The number of fused-ring (bicyclic) bond motifs is 1. The standard InChI is InChI=1S/C17H21F2N5O3/c1-27-14-12(22-7-9(6-20)17(18,19)8-22)5-4-11-13(14)23(10-2-3-10)16(26)24(21)15(11)25/h4-5,9-10H,2-3,6-8,20-21H2,1H3. The summed E-state index contributed by atoms with van der Waals surface area (Å²) in [5, 5.41) is 0.214. The normalized spacial score (nSPS) is 21.8. The molecule has 1 aliphatic heterocycles. The van der Waals surface area contributed by atoms with Gasteiger partial charge in [-0.2, -0.15) is 4.68 Å². The van der Waals surface area contributed by atoms with Gasteiger partial charge in [-0.3, -0.25) is 9.36 Å². The number of rotatable bonds is 4. The fourth-order valence-corrected chi connectivity index (χ4v) is 3.80. The van der Waals surface area contributed by atoms with Crippen LogP contribution in [0.25, 0.3) is 10.9 Å². The molecule has 1 aliphatic carbocycles. The van der Waals surface area contributed by atoms with Gasteiger partial charge in [0.05, 0.1) is 30.6 Å². The molecule has 0 radical (unpaired) electrons. The Hall–Kier alpha value is -2.62. The second-order valence-electron chi connectivity index (χ2n) is 7.15. The number of ether oxygens (including phenoxy) is 1. The van der Waals surface area contributed by atoms with Crippen molar-refractivity contribution in [1.82, 2.24) is 9.24 Å². The Morgan fingerprint density at radius 1 is 1.30 bits per heavy atom. The Morgan fingerprint density at radius 2 is 2.00 bits per heavy atom. The fourth-order valence-electron chi connectivity index (χ4n) is 3.80. The van der Waals surface area contributed by atoms with Crippen LogP contribution in [0.15, 0.2) is 21.7 Å². The highest BCUT2D eigenvalue weighted by Gasteiger charge is 2.48. The Kier molecular flexibility index (Phi) is 3.91. The van der Waals surface area contributed by atoms with Crippen LogP contribution in [-0.2, 0) is 0 Å². The first-order valence-electron chi connectivity index (χ1n) is 8.76. The first-order chi connectivity index (χ1) is 12.8. The van der Waals surface area contributed by atoms with Crippen molar-refractivity contribution in [3.8, 4) is 5.75 Å². The highest BCUT2D eigenvalue weighted by Crippen LogP contribution is 2.43. The maximum absolute atomic E-state index is 14.2. The van der Waals surface area contributed by atoms with E-state index in [1.165, 1.54) is 22.6 Å². The molecule has 1 saturated heterocycles. The predicted octanol–water partition coefficient (Wildman–Crippen LogP) is 0.251. The topological polar surface area (TPSA) is 109 Å². The molecule has 0 amide bonds. The van der Waals surface area contributed by atoms with Crippen LogP contribution in [0.2, 0.25) is 0 Å². The van der Waals surface area contributed by atoms with E-state index in [0.29, 0.717) is 15.9 Å². The van der Waals surface area contributed by atoms with Crippen molar-refractivity contribution in [1.29, 1.82) is 0 Å². The number of hydrogen-bond donors (Lipinski definition) is 2. The number of anilines is 1. The molecule has 1 aromatic carbocycles. The van der Waals surface area contributed by atoms with Crippen LogP contribution in [0.3, 0.4) is 0 Å². The Bertz CT molecular complexity index is 1030. The van der Waals surface area contributed by atoms with Crippen LogP contribution in [0.1, 0.15) is 18.9 Å². The minimum atomic E-state index is -2.93. The molecular weight excluding hydrogens is 360 g/mol. The molecule has 0 bridgehead atoms. The fraction of sp³-hybridized carbons (Fsp3) is 0.529. The molecule has 4 rings (SSSR count). The molecule has 2 aromatic rings. The van der Waals surface area contributed by atoms with Crippen molar-refractivity contribution in [3.05, 3.63) is 33.0 Å². The first-order valence-corrected chi connectivity index (χ1v) is 8.76. The highest BCUT2D eigenvalue weighted by atomic mass is 19.3. The van der Waals surface area contributed by atoms with Crippen LogP contribution >= 0.6 is 0 Å². The van der Waals surface area contributed by atoms with Gasteiger partial charge in [-0.1, -0.05) is 0 Å². The van der Waals surface area contributed by atoms with E-state index in [4.69, 9.17) is 16.3 Å². The number of hydrogen-bond acceptors (Lipinski definition) is 6. The van der Waals surface area contributed by atoms with Crippen molar-refractivity contribution >= 4 is 16.6 Å². The second-order valence-corrected chi connectivity index (χ2v) is 7.15. The molecule has 1 aromatic heterocycles. The van der Waals surface area contributed by atoms with Crippen LogP contribution in [-0.4, -0.2) is 41.9 Å². The molecule has 2 aliphatic rings. The van der Waals surface area contributed by atoms with E-state index in [2.05, 4.69) is 0 Å². The molecule has 10 heteroatoms. The van der Waals surface area contributed by atoms with Gasteiger partial charge in [-0.15, -0.1) is 0 Å². The lowest BCUT2D eigenvalue weighted by Crippen LogP contribution is -2.44. The lowest BCUT2D eigenvalue weighted by atomic mass is 10.1. The summed E-state index contributed by atoms with van der Waals surface area (Å²) < 4.78 is 35.9. The summed E-state index contributed by atoms with van der Waals surface area (Å²) in [7, 11) is 1.39. The number of aromatic nitrogens is 2. The average molecular weight is 381 g/mol. The van der Waals surface area contributed by atoms with E-state index in [1.54, 1.807) is 6.07 Å². The third-order valence-electron chi connectivity index (χ3n) is 5.39. The maximum atomic E-state index is 14.2. The van der Waals surface area contributed by atoms with Crippen LogP contribution in [0, 0.1) is 5.92 Å². The van der Waals surface area contributed by atoms with E-state index in [0.717, 1.165) is 12.8 Å². The van der Waals surface area contributed by atoms with E-state index in [1.807, 2.05) is 0 Å². The monoisotopic (exact) mass is 381 g/mol. The molecule has 1 unspecified atom stereocenters. The maximum Gasteiger partial charge on any atom is 0.350 e. The van der Waals surface area contributed by atoms with Gasteiger partial charge < -0.3 is 21.2 Å². The molecule has 0 spiro atoms. The van der Waals surface area contributed by atoms with Gasteiger partial charge in [-0.05, 0) is 25.0 Å².